The van der Waals surface area contributed by atoms with Crippen molar-refractivity contribution in [2.24, 2.45) is 5.92 Å². The molecule has 2 aromatic rings. The van der Waals surface area contributed by atoms with E-state index in [1.165, 1.54) is 4.88 Å². The van der Waals surface area contributed by atoms with Gasteiger partial charge in [0.15, 0.2) is 0 Å². The Kier molecular flexibility index (Phi) is 4.70. The van der Waals surface area contributed by atoms with Crippen molar-refractivity contribution in [1.29, 1.82) is 0 Å². The Hall–Kier alpha value is -1.95. The van der Waals surface area contributed by atoms with Crippen molar-refractivity contribution in [2.45, 2.75) is 38.6 Å². The van der Waals surface area contributed by atoms with Crippen LogP contribution in [0.1, 0.15) is 29.8 Å². The summed E-state index contributed by atoms with van der Waals surface area (Å²) in [4.78, 5) is 27.3. The summed E-state index contributed by atoms with van der Waals surface area (Å²) in [5, 5.41) is 2.11. The van der Waals surface area contributed by atoms with Gasteiger partial charge in [-0.3, -0.25) is 9.78 Å². The van der Waals surface area contributed by atoms with Gasteiger partial charge in [0.2, 0.25) is 5.91 Å². The fourth-order valence-electron chi connectivity index (χ4n) is 4.23. The molecule has 132 valence electrons. The lowest BCUT2D eigenvalue weighted by molar-refractivity contribution is -0.139. The van der Waals surface area contributed by atoms with Crippen molar-refractivity contribution in [1.82, 2.24) is 14.9 Å². The number of thiophene rings is 1. The molecule has 0 radical (unpaired) electrons. The molecule has 0 N–H and O–H groups in total. The number of aromatic nitrogens is 2. The van der Waals surface area contributed by atoms with E-state index < -0.39 is 0 Å². The van der Waals surface area contributed by atoms with Gasteiger partial charge in [-0.1, -0.05) is 6.07 Å². The van der Waals surface area contributed by atoms with Crippen molar-refractivity contribution < 1.29 is 4.79 Å². The quantitative estimate of drug-likeness (QED) is 0.845. The van der Waals surface area contributed by atoms with Crippen LogP contribution in [-0.4, -0.2) is 46.5 Å². The van der Waals surface area contributed by atoms with Crippen molar-refractivity contribution in [3.8, 4) is 0 Å². The van der Waals surface area contributed by atoms with Crippen LogP contribution in [0.15, 0.2) is 29.9 Å². The van der Waals surface area contributed by atoms with Crippen LogP contribution in [-0.2, 0) is 11.2 Å². The van der Waals surface area contributed by atoms with E-state index >= 15 is 0 Å². The van der Waals surface area contributed by atoms with Crippen LogP contribution in [0.4, 0.5) is 5.82 Å². The van der Waals surface area contributed by atoms with Crippen molar-refractivity contribution in [3.63, 3.8) is 0 Å². The molecule has 2 aliphatic rings. The highest BCUT2D eigenvalue weighted by Gasteiger charge is 2.39. The number of carbonyl (C=O) groups is 1. The number of likely N-dealkylation sites (tertiary alicyclic amines) is 1. The third kappa shape index (κ3) is 3.40. The van der Waals surface area contributed by atoms with E-state index in [9.17, 15) is 4.79 Å². The van der Waals surface area contributed by atoms with Gasteiger partial charge in [-0.15, -0.1) is 11.3 Å². The molecule has 6 heteroatoms. The number of nitrogens with zero attached hydrogens (tertiary/aromatic N) is 4. The molecule has 4 rings (SSSR count). The summed E-state index contributed by atoms with van der Waals surface area (Å²) in [6.07, 6.45) is 7.19. The number of piperidine rings is 2. The highest BCUT2D eigenvalue weighted by molar-refractivity contribution is 7.09. The summed E-state index contributed by atoms with van der Waals surface area (Å²) in [5.74, 6) is 1.88. The number of anilines is 1. The highest BCUT2D eigenvalue weighted by atomic mass is 32.1. The maximum absolute atomic E-state index is 12.5. The molecule has 2 fully saturated rings. The minimum atomic E-state index is 0.335. The summed E-state index contributed by atoms with van der Waals surface area (Å²) in [7, 11) is 0. The first-order valence-corrected chi connectivity index (χ1v) is 9.95. The van der Waals surface area contributed by atoms with Gasteiger partial charge in [0, 0.05) is 49.4 Å². The second-order valence-corrected chi connectivity index (χ2v) is 8.01. The van der Waals surface area contributed by atoms with Crippen LogP contribution < -0.4 is 4.90 Å². The van der Waals surface area contributed by atoms with Gasteiger partial charge in [0.05, 0.1) is 5.69 Å². The van der Waals surface area contributed by atoms with Gasteiger partial charge in [-0.05, 0) is 43.6 Å². The number of fused-ring (bicyclic) bond motifs is 1. The van der Waals surface area contributed by atoms with E-state index in [2.05, 4.69) is 37.3 Å². The first-order valence-electron chi connectivity index (χ1n) is 9.07. The first-order chi connectivity index (χ1) is 12.2. The standard InChI is InChI=1S/C19H24N4OS/c1-14-19(21-9-8-20-14)22-10-7-17-15(13-22)4-5-18(24)23(17)11-6-16-3-2-12-25-16/h2-3,8-9,12,15,17H,4-7,10-11,13H2,1H3/t15-,17+/m0/s1. The van der Waals surface area contributed by atoms with Crippen LogP contribution in [0.25, 0.3) is 0 Å². The SMILES string of the molecule is Cc1nccnc1N1CC[C@@H]2[C@@H](CCC(=O)N2CCc2cccs2)C1. The Morgan fingerprint density at radius 3 is 2.96 bits per heavy atom. The molecule has 4 heterocycles. The van der Waals surface area contributed by atoms with Crippen LogP contribution >= 0.6 is 11.3 Å². The fraction of sp³-hybridized carbons (Fsp3) is 0.526. The van der Waals surface area contributed by atoms with E-state index in [1.807, 2.05) is 6.92 Å². The second kappa shape index (κ2) is 7.12. The number of hydrogen-bond acceptors (Lipinski definition) is 5. The van der Waals surface area contributed by atoms with Gasteiger partial charge < -0.3 is 9.80 Å². The molecule has 25 heavy (non-hydrogen) atoms. The van der Waals surface area contributed by atoms with Gasteiger partial charge in [0.25, 0.3) is 0 Å². The monoisotopic (exact) mass is 356 g/mol. The molecule has 2 saturated heterocycles. The Balaban J connectivity index is 1.45. The third-order valence-electron chi connectivity index (χ3n) is 5.48. The fourth-order valence-corrected chi connectivity index (χ4v) is 4.93. The Morgan fingerprint density at radius 2 is 2.16 bits per heavy atom. The van der Waals surface area contributed by atoms with Crippen LogP contribution in [0, 0.1) is 12.8 Å². The average Bonchev–Trinajstić information content (AvgIpc) is 3.14. The zero-order chi connectivity index (χ0) is 17.2. The van der Waals surface area contributed by atoms with Crippen molar-refractivity contribution in [2.75, 3.05) is 24.5 Å². The van der Waals surface area contributed by atoms with Crippen LogP contribution in [0.2, 0.25) is 0 Å². The molecule has 0 aromatic carbocycles. The Morgan fingerprint density at radius 1 is 1.28 bits per heavy atom. The molecular weight excluding hydrogens is 332 g/mol. The van der Waals surface area contributed by atoms with E-state index in [0.29, 0.717) is 24.3 Å². The molecule has 0 saturated carbocycles. The summed E-state index contributed by atoms with van der Waals surface area (Å²) >= 11 is 1.78. The third-order valence-corrected chi connectivity index (χ3v) is 6.41. The number of hydrogen-bond donors (Lipinski definition) is 0. The molecule has 0 aliphatic carbocycles. The topological polar surface area (TPSA) is 49.3 Å². The first kappa shape index (κ1) is 16.5. The van der Waals surface area contributed by atoms with E-state index in [1.54, 1.807) is 23.7 Å². The average molecular weight is 356 g/mol. The van der Waals surface area contributed by atoms with Gasteiger partial charge in [-0.25, -0.2) is 4.98 Å². The summed E-state index contributed by atoms with van der Waals surface area (Å²) in [6, 6.07) is 4.63. The molecule has 1 amide bonds. The lowest BCUT2D eigenvalue weighted by Crippen LogP contribution is -2.56. The molecule has 0 spiro atoms. The lowest BCUT2D eigenvalue weighted by Gasteiger charge is -2.47. The van der Waals surface area contributed by atoms with Gasteiger partial charge in [-0.2, -0.15) is 0 Å². The maximum Gasteiger partial charge on any atom is 0.222 e. The van der Waals surface area contributed by atoms with Gasteiger partial charge in [0.1, 0.15) is 5.82 Å². The minimum absolute atomic E-state index is 0.335. The molecule has 5 nitrogen and oxygen atoms in total. The Bertz CT molecular complexity index is 733. The number of aryl methyl sites for hydroxylation is 1. The van der Waals surface area contributed by atoms with E-state index in [4.69, 9.17) is 0 Å². The Labute approximate surface area is 152 Å². The smallest absolute Gasteiger partial charge is 0.222 e. The molecule has 2 atom stereocenters. The highest BCUT2D eigenvalue weighted by Crippen LogP contribution is 2.33. The summed E-state index contributed by atoms with van der Waals surface area (Å²) in [6.45, 7) is 4.80. The molecule has 2 aromatic heterocycles. The molecular formula is C19H24N4OS. The minimum Gasteiger partial charge on any atom is -0.355 e. The summed E-state index contributed by atoms with van der Waals surface area (Å²) < 4.78 is 0. The predicted molar refractivity (Wildman–Crippen MR) is 99.8 cm³/mol. The second-order valence-electron chi connectivity index (χ2n) is 6.98. The predicted octanol–water partition coefficient (Wildman–Crippen LogP) is 2.91. The normalized spacial score (nSPS) is 23.6. The lowest BCUT2D eigenvalue weighted by atomic mass is 9.83. The molecule has 2 aliphatic heterocycles. The summed E-state index contributed by atoms with van der Waals surface area (Å²) in [5.41, 5.74) is 0.988. The van der Waals surface area contributed by atoms with Crippen LogP contribution in [0.5, 0.6) is 0 Å². The van der Waals surface area contributed by atoms with Crippen molar-refractivity contribution in [3.05, 3.63) is 40.5 Å². The zero-order valence-electron chi connectivity index (χ0n) is 14.6. The van der Waals surface area contributed by atoms with Crippen LogP contribution in [0.3, 0.4) is 0 Å². The number of amides is 1. The molecule has 0 unspecified atom stereocenters. The number of rotatable bonds is 4. The van der Waals surface area contributed by atoms with E-state index in [0.717, 1.165) is 50.4 Å². The maximum atomic E-state index is 12.5. The molecule has 0 bridgehead atoms. The van der Waals surface area contributed by atoms with E-state index in [-0.39, 0.29) is 0 Å². The van der Waals surface area contributed by atoms with Crippen molar-refractivity contribution >= 4 is 23.1 Å². The zero-order valence-corrected chi connectivity index (χ0v) is 15.4. The largest absolute Gasteiger partial charge is 0.355 e. The number of carbonyl (C=O) groups excluding carboxylic acids is 1. The van der Waals surface area contributed by atoms with Gasteiger partial charge >= 0.3 is 0 Å².